The first-order valence-corrected chi connectivity index (χ1v) is 8.20. The van der Waals surface area contributed by atoms with Gasteiger partial charge in [-0.3, -0.25) is 0 Å². The van der Waals surface area contributed by atoms with Crippen LogP contribution in [0.4, 0.5) is 0 Å². The fourth-order valence-electron chi connectivity index (χ4n) is 2.36. The Morgan fingerprint density at radius 1 is 0.913 bits per heavy atom. The molecule has 0 spiro atoms. The Balaban J connectivity index is 2.33. The maximum absolute atomic E-state index is 9.73. The Hall–Kier alpha value is -1.78. The van der Waals surface area contributed by atoms with Gasteiger partial charge >= 0.3 is 0 Å². The van der Waals surface area contributed by atoms with E-state index in [1.165, 1.54) is 0 Å². The second-order valence-corrected chi connectivity index (χ2v) is 5.81. The van der Waals surface area contributed by atoms with Crippen LogP contribution in [0.25, 0.3) is 10.8 Å². The molecule has 23 heavy (non-hydrogen) atoms. The van der Waals surface area contributed by atoms with Gasteiger partial charge in [-0.25, -0.2) is 0 Å². The summed E-state index contributed by atoms with van der Waals surface area (Å²) in [6, 6.07) is 9.80. The predicted molar refractivity (Wildman–Crippen MR) is 92.3 cm³/mol. The topological polar surface area (TPSA) is 58.9 Å². The summed E-state index contributed by atoms with van der Waals surface area (Å²) in [7, 11) is 0. The van der Waals surface area contributed by atoms with Gasteiger partial charge in [0.1, 0.15) is 24.7 Å². The molecule has 4 heteroatoms. The van der Waals surface area contributed by atoms with E-state index in [0.29, 0.717) is 12.8 Å². The van der Waals surface area contributed by atoms with Crippen molar-refractivity contribution in [3.63, 3.8) is 0 Å². The number of hydrogen-bond donors (Lipinski definition) is 2. The van der Waals surface area contributed by atoms with Crippen LogP contribution in [0.15, 0.2) is 30.3 Å². The first-order valence-electron chi connectivity index (χ1n) is 8.20. The average molecular weight is 318 g/mol. The van der Waals surface area contributed by atoms with E-state index >= 15 is 0 Å². The van der Waals surface area contributed by atoms with Gasteiger partial charge in [-0.2, -0.15) is 0 Å². The van der Waals surface area contributed by atoms with E-state index in [0.717, 1.165) is 27.8 Å². The Kier molecular flexibility index (Phi) is 6.25. The molecule has 0 aliphatic heterocycles. The van der Waals surface area contributed by atoms with Crippen LogP contribution in [-0.4, -0.2) is 35.6 Å². The zero-order valence-corrected chi connectivity index (χ0v) is 14.1. The van der Waals surface area contributed by atoms with Crippen molar-refractivity contribution in [3.8, 4) is 11.5 Å². The highest BCUT2D eigenvalue weighted by Gasteiger charge is 2.14. The second-order valence-electron chi connectivity index (χ2n) is 5.81. The molecule has 0 fully saturated rings. The minimum Gasteiger partial charge on any atom is -0.490 e. The van der Waals surface area contributed by atoms with Gasteiger partial charge in [0.05, 0.1) is 12.2 Å². The number of fused-ring (bicyclic) bond motifs is 1. The van der Waals surface area contributed by atoms with Crippen molar-refractivity contribution in [2.45, 2.75) is 45.8 Å². The van der Waals surface area contributed by atoms with Crippen LogP contribution >= 0.6 is 0 Å². The number of hydrogen-bond acceptors (Lipinski definition) is 4. The van der Waals surface area contributed by atoms with Crippen LogP contribution in [-0.2, 0) is 0 Å². The molecule has 0 heterocycles. The Bertz CT molecular complexity index is 639. The third-order valence-electron chi connectivity index (χ3n) is 3.94. The quantitative estimate of drug-likeness (QED) is 0.783. The molecule has 0 aliphatic carbocycles. The highest BCUT2D eigenvalue weighted by atomic mass is 16.5. The fraction of sp³-hybridized carbons (Fsp3) is 0.474. The highest BCUT2D eigenvalue weighted by molar-refractivity contribution is 5.94. The molecule has 2 unspecified atom stereocenters. The zero-order chi connectivity index (χ0) is 16.8. The van der Waals surface area contributed by atoms with E-state index in [4.69, 9.17) is 9.47 Å². The van der Waals surface area contributed by atoms with Crippen LogP contribution in [0.5, 0.6) is 11.5 Å². The smallest absolute Gasteiger partial charge is 0.130 e. The van der Waals surface area contributed by atoms with Crippen LogP contribution in [0.3, 0.4) is 0 Å². The minimum atomic E-state index is -0.469. The monoisotopic (exact) mass is 318 g/mol. The van der Waals surface area contributed by atoms with Crippen LogP contribution < -0.4 is 9.47 Å². The summed E-state index contributed by atoms with van der Waals surface area (Å²) in [4.78, 5) is 0. The average Bonchev–Trinajstić information content (AvgIpc) is 2.58. The minimum absolute atomic E-state index is 0.273. The van der Waals surface area contributed by atoms with Crippen LogP contribution in [0.1, 0.15) is 32.3 Å². The van der Waals surface area contributed by atoms with Crippen molar-refractivity contribution in [3.05, 3.63) is 35.9 Å². The van der Waals surface area contributed by atoms with Crippen molar-refractivity contribution in [1.82, 2.24) is 0 Å². The summed E-state index contributed by atoms with van der Waals surface area (Å²) < 4.78 is 11.6. The third-order valence-corrected chi connectivity index (χ3v) is 3.94. The maximum Gasteiger partial charge on any atom is 0.130 e. The Morgan fingerprint density at radius 3 is 2.09 bits per heavy atom. The van der Waals surface area contributed by atoms with E-state index < -0.39 is 12.2 Å². The lowest BCUT2D eigenvalue weighted by atomic mass is 10.0. The molecule has 2 atom stereocenters. The summed E-state index contributed by atoms with van der Waals surface area (Å²) in [5, 5.41) is 21.3. The number of aryl methyl sites for hydroxylation is 1. The van der Waals surface area contributed by atoms with E-state index in [-0.39, 0.29) is 13.2 Å². The molecule has 4 nitrogen and oxygen atoms in total. The van der Waals surface area contributed by atoms with Gasteiger partial charge < -0.3 is 19.7 Å². The molecule has 0 aliphatic rings. The molecule has 2 aromatic rings. The van der Waals surface area contributed by atoms with Gasteiger partial charge in [-0.05, 0) is 31.4 Å². The number of rotatable bonds is 8. The van der Waals surface area contributed by atoms with Crippen molar-refractivity contribution in [2.75, 3.05) is 13.2 Å². The van der Waals surface area contributed by atoms with Crippen molar-refractivity contribution < 1.29 is 19.7 Å². The summed E-state index contributed by atoms with van der Waals surface area (Å²) in [5.41, 5.74) is 0.952. The van der Waals surface area contributed by atoms with Crippen LogP contribution in [0.2, 0.25) is 0 Å². The molecule has 2 aromatic carbocycles. The molecule has 0 bridgehead atoms. The largest absolute Gasteiger partial charge is 0.490 e. The van der Waals surface area contributed by atoms with E-state index in [2.05, 4.69) is 0 Å². The Morgan fingerprint density at radius 2 is 1.48 bits per heavy atom. The lowest BCUT2D eigenvalue weighted by Gasteiger charge is -2.18. The van der Waals surface area contributed by atoms with Gasteiger partial charge in [0.25, 0.3) is 0 Å². The maximum atomic E-state index is 9.73. The van der Waals surface area contributed by atoms with Crippen LogP contribution in [0, 0.1) is 6.92 Å². The van der Waals surface area contributed by atoms with E-state index in [1.54, 1.807) is 0 Å². The molecular weight excluding hydrogens is 292 g/mol. The van der Waals surface area contributed by atoms with Crippen molar-refractivity contribution in [1.29, 1.82) is 0 Å². The Labute approximate surface area is 137 Å². The molecular formula is C19H26O4. The zero-order valence-electron chi connectivity index (χ0n) is 14.1. The lowest BCUT2D eigenvalue weighted by Crippen LogP contribution is -2.17. The molecule has 0 saturated carbocycles. The number of benzene rings is 2. The third kappa shape index (κ3) is 4.36. The molecule has 0 amide bonds. The second kappa shape index (κ2) is 8.18. The lowest BCUT2D eigenvalue weighted by molar-refractivity contribution is 0.103. The van der Waals surface area contributed by atoms with Gasteiger partial charge in [0, 0.05) is 10.8 Å². The fourth-order valence-corrected chi connectivity index (χ4v) is 2.36. The van der Waals surface area contributed by atoms with Gasteiger partial charge in [0.2, 0.25) is 0 Å². The molecule has 2 rings (SSSR count). The van der Waals surface area contributed by atoms with Crippen molar-refractivity contribution in [2.24, 2.45) is 0 Å². The normalized spacial score (nSPS) is 13.8. The standard InChI is InChI=1S/C19H26O4/c1-4-14(20)11-22-18-10-13(3)19(23-12-15(21)5-2)17-9-7-6-8-16(17)18/h6-10,14-15,20-21H,4-5,11-12H2,1-3H3. The SMILES string of the molecule is CCC(O)COc1cc(C)c(OCC(O)CC)c2ccccc12. The summed E-state index contributed by atoms with van der Waals surface area (Å²) >= 11 is 0. The molecule has 0 saturated heterocycles. The van der Waals surface area contributed by atoms with Gasteiger partial charge in [-0.1, -0.05) is 38.1 Å². The summed E-state index contributed by atoms with van der Waals surface area (Å²) in [6.07, 6.45) is 0.383. The first kappa shape index (κ1) is 17.6. The molecule has 0 aromatic heterocycles. The number of aliphatic hydroxyl groups is 2. The van der Waals surface area contributed by atoms with Gasteiger partial charge in [0.15, 0.2) is 0 Å². The molecule has 0 radical (unpaired) electrons. The van der Waals surface area contributed by atoms with Crippen molar-refractivity contribution >= 4 is 10.8 Å². The number of ether oxygens (including phenoxy) is 2. The molecule has 126 valence electrons. The van der Waals surface area contributed by atoms with Gasteiger partial charge in [-0.15, -0.1) is 0 Å². The van der Waals surface area contributed by atoms with E-state index in [9.17, 15) is 10.2 Å². The molecule has 2 N–H and O–H groups in total. The first-order chi connectivity index (χ1) is 11.1. The summed E-state index contributed by atoms with van der Waals surface area (Å²) in [5.74, 6) is 1.52. The predicted octanol–water partition coefficient (Wildman–Crippen LogP) is 3.45. The summed E-state index contributed by atoms with van der Waals surface area (Å²) in [6.45, 7) is 6.36. The van der Waals surface area contributed by atoms with E-state index in [1.807, 2.05) is 51.1 Å². The number of aliphatic hydroxyl groups excluding tert-OH is 2. The highest BCUT2D eigenvalue weighted by Crippen LogP contribution is 2.36.